The van der Waals surface area contributed by atoms with Crippen LogP contribution in [0.2, 0.25) is 0 Å². The van der Waals surface area contributed by atoms with Crippen LogP contribution in [0.4, 0.5) is 4.79 Å². The molecule has 6 nitrogen and oxygen atoms in total. The lowest BCUT2D eigenvalue weighted by Crippen LogP contribution is -2.38. The highest BCUT2D eigenvalue weighted by molar-refractivity contribution is 5.78. The van der Waals surface area contributed by atoms with Gasteiger partial charge in [0.25, 0.3) is 0 Å². The summed E-state index contributed by atoms with van der Waals surface area (Å²) in [5.41, 5.74) is 0.987. The molecule has 20 heavy (non-hydrogen) atoms. The van der Waals surface area contributed by atoms with Crippen molar-refractivity contribution in [2.75, 3.05) is 32.8 Å². The molecule has 0 unspecified atom stereocenters. The smallest absolute Gasteiger partial charge is 0.409 e. The number of H-pyrrole nitrogens is 1. The van der Waals surface area contributed by atoms with Gasteiger partial charge in [0.2, 0.25) is 5.91 Å². The van der Waals surface area contributed by atoms with Gasteiger partial charge >= 0.3 is 6.09 Å². The molecule has 2 amide bonds. The van der Waals surface area contributed by atoms with E-state index in [2.05, 4.69) is 4.98 Å². The Morgan fingerprint density at radius 1 is 1.25 bits per heavy atom. The average Bonchev–Trinajstić information content (AvgIpc) is 2.80. The number of carbonyl (C=O) groups excluding carboxylic acids is 2. The van der Waals surface area contributed by atoms with E-state index in [4.69, 9.17) is 4.74 Å². The molecule has 0 spiro atoms. The Morgan fingerprint density at radius 3 is 2.70 bits per heavy atom. The van der Waals surface area contributed by atoms with Crippen molar-refractivity contribution in [1.82, 2.24) is 14.8 Å². The molecule has 2 heterocycles. The van der Waals surface area contributed by atoms with Crippen molar-refractivity contribution in [3.8, 4) is 0 Å². The van der Waals surface area contributed by atoms with E-state index in [1.165, 1.54) is 0 Å². The lowest BCUT2D eigenvalue weighted by atomic mass is 10.2. The van der Waals surface area contributed by atoms with Crippen LogP contribution < -0.4 is 0 Å². The van der Waals surface area contributed by atoms with Crippen molar-refractivity contribution in [3.05, 3.63) is 24.0 Å². The summed E-state index contributed by atoms with van der Waals surface area (Å²) in [6.45, 7) is 4.62. The summed E-state index contributed by atoms with van der Waals surface area (Å²) in [6, 6.07) is 1.90. The Labute approximate surface area is 118 Å². The van der Waals surface area contributed by atoms with Crippen LogP contribution in [0.25, 0.3) is 0 Å². The first-order valence-corrected chi connectivity index (χ1v) is 7.02. The van der Waals surface area contributed by atoms with Crippen molar-refractivity contribution >= 4 is 12.0 Å². The number of hydrogen-bond donors (Lipinski definition) is 1. The molecule has 0 aliphatic carbocycles. The summed E-state index contributed by atoms with van der Waals surface area (Å²) in [5, 5.41) is 0. The summed E-state index contributed by atoms with van der Waals surface area (Å²) >= 11 is 0. The van der Waals surface area contributed by atoms with Gasteiger partial charge in [-0.15, -0.1) is 0 Å². The van der Waals surface area contributed by atoms with Crippen LogP contribution in [-0.4, -0.2) is 59.6 Å². The monoisotopic (exact) mass is 279 g/mol. The van der Waals surface area contributed by atoms with Gasteiger partial charge < -0.3 is 19.5 Å². The number of hydrogen-bond acceptors (Lipinski definition) is 3. The fourth-order valence-corrected chi connectivity index (χ4v) is 2.32. The first-order valence-electron chi connectivity index (χ1n) is 7.02. The van der Waals surface area contributed by atoms with Crippen LogP contribution in [0.5, 0.6) is 0 Å². The molecule has 1 aromatic heterocycles. The van der Waals surface area contributed by atoms with Crippen LogP contribution in [0.1, 0.15) is 18.9 Å². The molecular weight excluding hydrogens is 258 g/mol. The van der Waals surface area contributed by atoms with E-state index in [0.29, 0.717) is 39.2 Å². The lowest BCUT2D eigenvalue weighted by Gasteiger charge is -2.21. The number of aromatic nitrogens is 1. The SMILES string of the molecule is CCOC(=O)N1CCCN(C(=O)Cc2cc[nH]c2)CC1. The molecule has 6 heteroatoms. The molecule has 1 aromatic rings. The van der Waals surface area contributed by atoms with E-state index < -0.39 is 0 Å². The second-order valence-corrected chi connectivity index (χ2v) is 4.82. The Morgan fingerprint density at radius 2 is 2.00 bits per heavy atom. The summed E-state index contributed by atoms with van der Waals surface area (Å²) < 4.78 is 5.00. The number of rotatable bonds is 3. The molecule has 0 saturated carbocycles. The highest BCUT2D eigenvalue weighted by Gasteiger charge is 2.22. The fourth-order valence-electron chi connectivity index (χ4n) is 2.32. The molecule has 1 saturated heterocycles. The molecule has 1 aliphatic rings. The summed E-state index contributed by atoms with van der Waals surface area (Å²) in [4.78, 5) is 30.3. The maximum Gasteiger partial charge on any atom is 0.409 e. The van der Waals surface area contributed by atoms with Gasteiger partial charge in [0, 0.05) is 38.6 Å². The second kappa shape index (κ2) is 6.98. The van der Waals surface area contributed by atoms with E-state index in [1.54, 1.807) is 11.8 Å². The van der Waals surface area contributed by atoms with Crippen LogP contribution in [-0.2, 0) is 16.0 Å². The minimum atomic E-state index is -0.285. The third-order valence-corrected chi connectivity index (χ3v) is 3.39. The number of nitrogens with zero attached hydrogens (tertiary/aromatic N) is 2. The van der Waals surface area contributed by atoms with E-state index in [0.717, 1.165) is 12.0 Å². The van der Waals surface area contributed by atoms with Gasteiger partial charge in [-0.25, -0.2) is 4.79 Å². The van der Waals surface area contributed by atoms with Gasteiger partial charge in [0.05, 0.1) is 13.0 Å². The van der Waals surface area contributed by atoms with Crippen molar-refractivity contribution in [1.29, 1.82) is 0 Å². The number of ether oxygens (including phenoxy) is 1. The van der Waals surface area contributed by atoms with Gasteiger partial charge in [0.1, 0.15) is 0 Å². The van der Waals surface area contributed by atoms with Gasteiger partial charge in [-0.2, -0.15) is 0 Å². The molecule has 2 rings (SSSR count). The third kappa shape index (κ3) is 3.76. The first-order chi connectivity index (χ1) is 9.70. The summed E-state index contributed by atoms with van der Waals surface area (Å²) in [6.07, 6.45) is 4.56. The van der Waals surface area contributed by atoms with Crippen LogP contribution in [0, 0.1) is 0 Å². The van der Waals surface area contributed by atoms with Gasteiger partial charge in [0.15, 0.2) is 0 Å². The molecular formula is C14H21N3O3. The predicted octanol–water partition coefficient (Wildman–Crippen LogP) is 1.25. The average molecular weight is 279 g/mol. The lowest BCUT2D eigenvalue weighted by molar-refractivity contribution is -0.130. The first kappa shape index (κ1) is 14.4. The molecule has 1 N–H and O–H groups in total. The van der Waals surface area contributed by atoms with Crippen molar-refractivity contribution < 1.29 is 14.3 Å². The molecule has 0 bridgehead atoms. The zero-order valence-electron chi connectivity index (χ0n) is 11.8. The number of amides is 2. The second-order valence-electron chi connectivity index (χ2n) is 4.82. The number of carbonyl (C=O) groups is 2. The molecule has 1 fully saturated rings. The molecule has 0 aromatic carbocycles. The minimum Gasteiger partial charge on any atom is -0.450 e. The van der Waals surface area contributed by atoms with Gasteiger partial charge in [-0.05, 0) is 25.0 Å². The zero-order valence-corrected chi connectivity index (χ0v) is 11.8. The highest BCUT2D eigenvalue weighted by atomic mass is 16.6. The van der Waals surface area contributed by atoms with Gasteiger partial charge in [-0.1, -0.05) is 0 Å². The minimum absolute atomic E-state index is 0.107. The normalized spacial score (nSPS) is 15.8. The Kier molecular flexibility index (Phi) is 5.03. The highest BCUT2D eigenvalue weighted by Crippen LogP contribution is 2.08. The quantitative estimate of drug-likeness (QED) is 0.905. The third-order valence-electron chi connectivity index (χ3n) is 3.39. The number of aromatic amines is 1. The molecule has 0 radical (unpaired) electrons. The van der Waals surface area contributed by atoms with Crippen molar-refractivity contribution in [2.45, 2.75) is 19.8 Å². The standard InChI is InChI=1S/C14H21N3O3/c1-2-20-14(19)17-7-3-6-16(8-9-17)13(18)10-12-4-5-15-11-12/h4-5,11,15H,2-3,6-10H2,1H3. The molecule has 0 atom stereocenters. The van der Waals surface area contributed by atoms with E-state index in [9.17, 15) is 9.59 Å². The van der Waals surface area contributed by atoms with E-state index >= 15 is 0 Å². The predicted molar refractivity (Wildman–Crippen MR) is 74.3 cm³/mol. The van der Waals surface area contributed by atoms with E-state index in [1.807, 2.05) is 23.4 Å². The topological polar surface area (TPSA) is 65.6 Å². The maximum atomic E-state index is 12.2. The molecule has 110 valence electrons. The summed E-state index contributed by atoms with van der Waals surface area (Å²) in [7, 11) is 0. The Hall–Kier alpha value is -1.98. The Balaban J connectivity index is 1.85. The van der Waals surface area contributed by atoms with Crippen molar-refractivity contribution in [2.24, 2.45) is 0 Å². The maximum absolute atomic E-state index is 12.2. The molecule has 1 aliphatic heterocycles. The number of nitrogens with one attached hydrogen (secondary N) is 1. The van der Waals surface area contributed by atoms with Crippen LogP contribution >= 0.6 is 0 Å². The van der Waals surface area contributed by atoms with E-state index in [-0.39, 0.29) is 12.0 Å². The van der Waals surface area contributed by atoms with Crippen LogP contribution in [0.15, 0.2) is 18.5 Å². The fraction of sp³-hybridized carbons (Fsp3) is 0.571. The largest absolute Gasteiger partial charge is 0.450 e. The summed E-state index contributed by atoms with van der Waals surface area (Å²) in [5.74, 6) is 0.107. The Bertz CT molecular complexity index is 445. The van der Waals surface area contributed by atoms with Crippen LogP contribution in [0.3, 0.4) is 0 Å². The van der Waals surface area contributed by atoms with Crippen molar-refractivity contribution in [3.63, 3.8) is 0 Å². The zero-order chi connectivity index (χ0) is 14.4. The van der Waals surface area contributed by atoms with Gasteiger partial charge in [-0.3, -0.25) is 4.79 Å².